The SMILES string of the molecule is Cc1c(Cl)c(C(F)(F)F)nn1CC(=O)N[C@@H](C)[C@H]1C[C@@H]2CC[C@@H]1C2. The molecule has 24 heavy (non-hydrogen) atoms. The molecule has 0 radical (unpaired) electrons. The molecule has 0 spiro atoms. The number of hydrogen-bond acceptors (Lipinski definition) is 2. The molecule has 134 valence electrons. The van der Waals surface area contributed by atoms with E-state index in [0.717, 1.165) is 17.0 Å². The first kappa shape index (κ1) is 17.6. The van der Waals surface area contributed by atoms with Crippen molar-refractivity contribution in [3.8, 4) is 0 Å². The monoisotopic (exact) mass is 363 g/mol. The van der Waals surface area contributed by atoms with E-state index < -0.39 is 16.9 Å². The number of hydrogen-bond donors (Lipinski definition) is 1. The van der Waals surface area contributed by atoms with Crippen LogP contribution in [0.15, 0.2) is 0 Å². The summed E-state index contributed by atoms with van der Waals surface area (Å²) in [5, 5.41) is 5.94. The van der Waals surface area contributed by atoms with Crippen LogP contribution in [0.25, 0.3) is 0 Å². The Kier molecular flexibility index (Phi) is 4.57. The van der Waals surface area contributed by atoms with Gasteiger partial charge in [0.05, 0.1) is 10.7 Å². The summed E-state index contributed by atoms with van der Waals surface area (Å²) in [6.45, 7) is 3.15. The summed E-state index contributed by atoms with van der Waals surface area (Å²) in [6.07, 6.45) is 0.260. The van der Waals surface area contributed by atoms with Crippen LogP contribution in [0, 0.1) is 24.7 Å². The molecule has 4 atom stereocenters. The molecular weight excluding hydrogens is 343 g/mol. The Morgan fingerprint density at radius 2 is 2.12 bits per heavy atom. The van der Waals surface area contributed by atoms with Gasteiger partial charge in [-0.1, -0.05) is 18.0 Å². The van der Waals surface area contributed by atoms with E-state index in [1.54, 1.807) is 0 Å². The van der Waals surface area contributed by atoms with Gasteiger partial charge in [0, 0.05) is 6.04 Å². The van der Waals surface area contributed by atoms with Crippen LogP contribution < -0.4 is 5.32 Å². The predicted molar refractivity (Wildman–Crippen MR) is 83.5 cm³/mol. The average molecular weight is 364 g/mol. The summed E-state index contributed by atoms with van der Waals surface area (Å²) in [5.74, 6) is 1.59. The van der Waals surface area contributed by atoms with Crippen LogP contribution in [0.4, 0.5) is 13.2 Å². The summed E-state index contributed by atoms with van der Waals surface area (Å²) in [6, 6.07) is 0.0289. The molecule has 3 rings (SSSR count). The number of rotatable bonds is 4. The number of halogens is 4. The van der Waals surface area contributed by atoms with Gasteiger partial charge in [-0.3, -0.25) is 9.48 Å². The largest absolute Gasteiger partial charge is 0.436 e. The zero-order valence-electron chi connectivity index (χ0n) is 13.7. The van der Waals surface area contributed by atoms with Gasteiger partial charge in [-0.25, -0.2) is 0 Å². The van der Waals surface area contributed by atoms with Crippen molar-refractivity contribution >= 4 is 17.5 Å². The highest BCUT2D eigenvalue weighted by Gasteiger charge is 2.42. The van der Waals surface area contributed by atoms with E-state index in [-0.39, 0.29) is 24.2 Å². The molecule has 2 bridgehead atoms. The van der Waals surface area contributed by atoms with E-state index in [1.807, 2.05) is 6.92 Å². The van der Waals surface area contributed by atoms with Crippen molar-refractivity contribution in [1.82, 2.24) is 15.1 Å². The number of aromatic nitrogens is 2. The molecule has 0 aromatic carbocycles. The highest BCUT2D eigenvalue weighted by atomic mass is 35.5. The second kappa shape index (κ2) is 6.24. The van der Waals surface area contributed by atoms with E-state index >= 15 is 0 Å². The predicted octanol–water partition coefficient (Wildman–Crippen LogP) is 3.80. The van der Waals surface area contributed by atoms with Gasteiger partial charge >= 0.3 is 6.18 Å². The van der Waals surface area contributed by atoms with E-state index in [1.165, 1.54) is 26.2 Å². The third-order valence-corrected chi connectivity index (χ3v) is 5.97. The second-order valence-corrected chi connectivity index (χ2v) is 7.48. The molecule has 1 aromatic rings. The molecule has 2 aliphatic carbocycles. The maximum absolute atomic E-state index is 12.8. The van der Waals surface area contributed by atoms with Crippen molar-refractivity contribution in [2.24, 2.45) is 17.8 Å². The fraction of sp³-hybridized carbons (Fsp3) is 0.750. The van der Waals surface area contributed by atoms with Crippen LogP contribution in [0.1, 0.15) is 44.0 Å². The van der Waals surface area contributed by atoms with E-state index in [2.05, 4.69) is 10.4 Å². The molecule has 4 nitrogen and oxygen atoms in total. The highest BCUT2D eigenvalue weighted by Crippen LogP contribution is 2.49. The Hall–Kier alpha value is -1.24. The lowest BCUT2D eigenvalue weighted by atomic mass is 9.84. The minimum atomic E-state index is -4.63. The van der Waals surface area contributed by atoms with Gasteiger partial charge in [-0.05, 0) is 50.9 Å². The highest BCUT2D eigenvalue weighted by molar-refractivity contribution is 6.32. The van der Waals surface area contributed by atoms with Gasteiger partial charge in [-0.15, -0.1) is 0 Å². The van der Waals surface area contributed by atoms with Crippen LogP contribution in [0.2, 0.25) is 5.02 Å². The summed E-state index contributed by atoms with van der Waals surface area (Å²) in [5.41, 5.74) is -0.998. The van der Waals surface area contributed by atoms with Gasteiger partial charge in [-0.2, -0.15) is 18.3 Å². The van der Waals surface area contributed by atoms with E-state index in [9.17, 15) is 18.0 Å². The lowest BCUT2D eigenvalue weighted by Crippen LogP contribution is -2.41. The molecule has 1 amide bonds. The lowest BCUT2D eigenvalue weighted by Gasteiger charge is -2.28. The second-order valence-electron chi connectivity index (χ2n) is 7.10. The van der Waals surface area contributed by atoms with Crippen LogP contribution in [0.5, 0.6) is 0 Å². The number of carbonyl (C=O) groups excluding carboxylic acids is 1. The van der Waals surface area contributed by atoms with Gasteiger partial charge in [0.15, 0.2) is 5.69 Å². The first-order valence-electron chi connectivity index (χ1n) is 8.26. The van der Waals surface area contributed by atoms with Gasteiger partial charge < -0.3 is 5.32 Å². The molecule has 1 N–H and O–H groups in total. The van der Waals surface area contributed by atoms with Crippen molar-refractivity contribution in [1.29, 1.82) is 0 Å². The molecule has 2 fully saturated rings. The molecule has 0 aliphatic heterocycles. The maximum Gasteiger partial charge on any atom is 0.436 e. The van der Waals surface area contributed by atoms with Crippen LogP contribution in [-0.2, 0) is 17.5 Å². The minimum absolute atomic E-state index is 0.0289. The average Bonchev–Trinajstić information content (AvgIpc) is 3.17. The molecular formula is C16H21ClF3N3O. The van der Waals surface area contributed by atoms with Crippen molar-refractivity contribution in [3.05, 3.63) is 16.4 Å². The van der Waals surface area contributed by atoms with Gasteiger partial charge in [0.25, 0.3) is 0 Å². The van der Waals surface area contributed by atoms with Crippen molar-refractivity contribution in [2.75, 3.05) is 0 Å². The summed E-state index contributed by atoms with van der Waals surface area (Å²) in [7, 11) is 0. The fourth-order valence-electron chi connectivity index (χ4n) is 4.31. The number of nitrogens with one attached hydrogen (secondary N) is 1. The van der Waals surface area contributed by atoms with Crippen molar-refractivity contribution < 1.29 is 18.0 Å². The summed E-state index contributed by atoms with van der Waals surface area (Å²) >= 11 is 5.70. The molecule has 0 unspecified atom stereocenters. The fourth-order valence-corrected chi connectivity index (χ4v) is 4.55. The molecule has 1 heterocycles. The minimum Gasteiger partial charge on any atom is -0.352 e. The Morgan fingerprint density at radius 1 is 1.42 bits per heavy atom. The van der Waals surface area contributed by atoms with Gasteiger partial charge in [0.2, 0.25) is 5.91 Å². The Bertz CT molecular complexity index is 643. The first-order chi connectivity index (χ1) is 11.2. The summed E-state index contributed by atoms with van der Waals surface area (Å²) < 4.78 is 39.5. The standard InChI is InChI=1S/C16H21ClF3N3O/c1-8(12-6-10-3-4-11(12)5-10)21-13(24)7-23-9(2)14(17)15(22-23)16(18,19)20/h8,10-12H,3-7H2,1-2H3,(H,21,24)/t8-,10+,11+,12+/m0/s1. The van der Waals surface area contributed by atoms with E-state index in [0.29, 0.717) is 11.8 Å². The Morgan fingerprint density at radius 3 is 2.62 bits per heavy atom. The lowest BCUT2D eigenvalue weighted by molar-refractivity contribution is -0.141. The Labute approximate surface area is 143 Å². The zero-order valence-corrected chi connectivity index (χ0v) is 14.4. The zero-order chi connectivity index (χ0) is 17.6. The normalized spacial score (nSPS) is 27.5. The number of carbonyl (C=O) groups is 1. The van der Waals surface area contributed by atoms with Crippen LogP contribution >= 0.6 is 11.6 Å². The van der Waals surface area contributed by atoms with Crippen molar-refractivity contribution in [2.45, 2.75) is 58.3 Å². The topological polar surface area (TPSA) is 46.9 Å². The quantitative estimate of drug-likeness (QED) is 0.884. The molecule has 2 aliphatic rings. The van der Waals surface area contributed by atoms with Crippen LogP contribution in [0.3, 0.4) is 0 Å². The first-order valence-corrected chi connectivity index (χ1v) is 8.64. The van der Waals surface area contributed by atoms with Gasteiger partial charge in [0.1, 0.15) is 6.54 Å². The molecule has 8 heteroatoms. The van der Waals surface area contributed by atoms with Crippen LogP contribution in [-0.4, -0.2) is 21.7 Å². The number of nitrogens with zero attached hydrogens (tertiary/aromatic N) is 2. The van der Waals surface area contributed by atoms with E-state index in [4.69, 9.17) is 11.6 Å². The smallest absolute Gasteiger partial charge is 0.352 e. The Balaban J connectivity index is 1.63. The number of alkyl halides is 3. The number of amides is 1. The number of fused-ring (bicyclic) bond motifs is 2. The third kappa shape index (κ3) is 3.27. The molecule has 0 saturated heterocycles. The molecule has 2 saturated carbocycles. The third-order valence-electron chi connectivity index (χ3n) is 5.52. The maximum atomic E-state index is 12.8. The van der Waals surface area contributed by atoms with Crippen molar-refractivity contribution in [3.63, 3.8) is 0 Å². The molecule has 1 aromatic heterocycles. The summed E-state index contributed by atoms with van der Waals surface area (Å²) in [4.78, 5) is 12.2.